The Hall–Kier alpha value is -1.76. The molecular weight excluding hydrogens is 240 g/mol. The number of nitrogens with zero attached hydrogens (tertiary/aromatic N) is 2. The van der Waals surface area contributed by atoms with Gasteiger partial charge in [-0.05, 0) is 31.4 Å². The van der Waals surface area contributed by atoms with Crippen LogP contribution in [0, 0.1) is 16.7 Å². The largest absolute Gasteiger partial charge is 0.469 e. The van der Waals surface area contributed by atoms with Gasteiger partial charge in [0.25, 0.3) is 0 Å². The molecule has 0 spiro atoms. The topological polar surface area (TPSA) is 57.2 Å². The number of carbonyl (C=O) groups is 1. The van der Waals surface area contributed by atoms with Crippen LogP contribution in [0.1, 0.15) is 44.8 Å². The molecule has 0 saturated carbocycles. The van der Waals surface area contributed by atoms with Crippen molar-refractivity contribution in [2.75, 3.05) is 13.1 Å². The Labute approximate surface area is 114 Å². The second kappa shape index (κ2) is 5.48. The maximum absolute atomic E-state index is 12.5. The van der Waals surface area contributed by atoms with Crippen LogP contribution in [0.4, 0.5) is 0 Å². The van der Waals surface area contributed by atoms with Crippen LogP contribution in [0.3, 0.4) is 0 Å². The van der Waals surface area contributed by atoms with E-state index in [1.54, 1.807) is 6.26 Å². The summed E-state index contributed by atoms with van der Waals surface area (Å²) in [5.74, 6) is 1.18. The lowest BCUT2D eigenvalue weighted by Gasteiger charge is -2.28. The third-order valence-corrected chi connectivity index (χ3v) is 4.25. The number of carbonyl (C=O) groups excluding carboxylic acids is 1. The molecule has 102 valence electrons. The van der Waals surface area contributed by atoms with Crippen LogP contribution in [-0.4, -0.2) is 23.9 Å². The zero-order valence-electron chi connectivity index (χ0n) is 11.6. The molecular formula is C15H20N2O2. The molecule has 1 atom stereocenters. The predicted molar refractivity (Wildman–Crippen MR) is 71.3 cm³/mol. The van der Waals surface area contributed by atoms with Gasteiger partial charge in [0.2, 0.25) is 5.91 Å². The number of likely N-dealkylation sites (tertiary alicyclic amines) is 1. The van der Waals surface area contributed by atoms with Crippen molar-refractivity contribution in [3.63, 3.8) is 0 Å². The molecule has 1 unspecified atom stereocenters. The maximum Gasteiger partial charge on any atom is 0.243 e. The third-order valence-electron chi connectivity index (χ3n) is 4.25. The van der Waals surface area contributed by atoms with Crippen LogP contribution < -0.4 is 0 Å². The Bertz CT molecular complexity index is 469. The second-order valence-electron chi connectivity index (χ2n) is 5.15. The van der Waals surface area contributed by atoms with E-state index in [9.17, 15) is 10.1 Å². The van der Waals surface area contributed by atoms with E-state index in [1.807, 2.05) is 30.9 Å². The fourth-order valence-corrected chi connectivity index (χ4v) is 2.76. The van der Waals surface area contributed by atoms with Gasteiger partial charge in [-0.3, -0.25) is 4.79 Å². The minimum atomic E-state index is -0.849. The summed E-state index contributed by atoms with van der Waals surface area (Å²) in [6, 6.07) is 6.05. The first-order valence-corrected chi connectivity index (χ1v) is 6.91. The van der Waals surface area contributed by atoms with Crippen molar-refractivity contribution in [2.24, 2.45) is 5.41 Å². The van der Waals surface area contributed by atoms with E-state index in [-0.39, 0.29) is 11.8 Å². The van der Waals surface area contributed by atoms with E-state index in [1.165, 1.54) is 0 Å². The average Bonchev–Trinajstić information content (AvgIpc) is 3.12. The predicted octanol–water partition coefficient (Wildman–Crippen LogP) is 2.93. The molecule has 1 aliphatic heterocycles. The summed E-state index contributed by atoms with van der Waals surface area (Å²) in [5, 5.41) is 9.34. The number of rotatable bonds is 4. The number of amides is 1. The van der Waals surface area contributed by atoms with Gasteiger partial charge in [0.1, 0.15) is 11.2 Å². The number of nitriles is 1. The summed E-state index contributed by atoms with van der Waals surface area (Å²) in [5.41, 5.74) is -0.849. The van der Waals surface area contributed by atoms with Gasteiger partial charge in [-0.15, -0.1) is 0 Å². The summed E-state index contributed by atoms with van der Waals surface area (Å²) in [6.07, 6.45) is 3.72. The minimum Gasteiger partial charge on any atom is -0.469 e. The number of hydrogen-bond acceptors (Lipinski definition) is 3. The maximum atomic E-state index is 12.5. The Morgan fingerprint density at radius 1 is 1.58 bits per heavy atom. The summed E-state index contributed by atoms with van der Waals surface area (Å²) in [4.78, 5) is 14.4. The lowest BCUT2D eigenvalue weighted by atomic mass is 9.82. The average molecular weight is 260 g/mol. The standard InChI is InChI=1S/C15H20N2O2/c1-3-15(4-2,11-16)14(18)17-8-7-12(10-17)13-6-5-9-19-13/h5-6,9,12H,3-4,7-8,10H2,1-2H3. The van der Waals surface area contributed by atoms with Crippen LogP contribution in [-0.2, 0) is 4.79 Å². The quantitative estimate of drug-likeness (QED) is 0.836. The fraction of sp³-hybridized carbons (Fsp3) is 0.600. The van der Waals surface area contributed by atoms with Crippen molar-refractivity contribution >= 4 is 5.91 Å². The molecule has 1 amide bonds. The lowest BCUT2D eigenvalue weighted by Crippen LogP contribution is -2.41. The van der Waals surface area contributed by atoms with Crippen molar-refractivity contribution in [3.05, 3.63) is 24.2 Å². The molecule has 0 aromatic carbocycles. The van der Waals surface area contributed by atoms with Crippen LogP contribution in [0.25, 0.3) is 0 Å². The lowest BCUT2D eigenvalue weighted by molar-refractivity contribution is -0.138. The Kier molecular flexibility index (Phi) is 3.94. The minimum absolute atomic E-state index is 0.0194. The number of hydrogen-bond donors (Lipinski definition) is 0. The molecule has 0 aliphatic carbocycles. The zero-order chi connectivity index (χ0) is 13.9. The zero-order valence-corrected chi connectivity index (χ0v) is 11.6. The molecule has 1 fully saturated rings. The molecule has 0 radical (unpaired) electrons. The molecule has 4 heteroatoms. The van der Waals surface area contributed by atoms with E-state index in [2.05, 4.69) is 6.07 Å². The van der Waals surface area contributed by atoms with Gasteiger partial charge >= 0.3 is 0 Å². The third kappa shape index (κ3) is 2.37. The van der Waals surface area contributed by atoms with Gasteiger partial charge in [0.15, 0.2) is 0 Å². The van der Waals surface area contributed by atoms with Gasteiger partial charge < -0.3 is 9.32 Å². The van der Waals surface area contributed by atoms with Gasteiger partial charge in [0, 0.05) is 19.0 Å². The summed E-state index contributed by atoms with van der Waals surface area (Å²) in [6.45, 7) is 5.19. The smallest absolute Gasteiger partial charge is 0.243 e. The van der Waals surface area contributed by atoms with Crippen molar-refractivity contribution in [2.45, 2.75) is 39.0 Å². The first-order chi connectivity index (χ1) is 9.16. The molecule has 0 N–H and O–H groups in total. The highest BCUT2D eigenvalue weighted by Crippen LogP contribution is 2.33. The van der Waals surface area contributed by atoms with E-state index >= 15 is 0 Å². The Balaban J connectivity index is 2.09. The Morgan fingerprint density at radius 3 is 2.84 bits per heavy atom. The molecule has 1 aromatic rings. The molecule has 1 aromatic heterocycles. The van der Waals surface area contributed by atoms with Crippen molar-refractivity contribution in [1.29, 1.82) is 5.26 Å². The van der Waals surface area contributed by atoms with Gasteiger partial charge in [-0.25, -0.2) is 0 Å². The summed E-state index contributed by atoms with van der Waals surface area (Å²) < 4.78 is 5.41. The highest BCUT2D eigenvalue weighted by Gasteiger charge is 2.41. The first kappa shape index (κ1) is 13.7. The van der Waals surface area contributed by atoms with E-state index in [0.717, 1.165) is 12.2 Å². The molecule has 1 aliphatic rings. The Morgan fingerprint density at radius 2 is 2.32 bits per heavy atom. The van der Waals surface area contributed by atoms with Crippen LogP contribution in [0.15, 0.2) is 22.8 Å². The molecule has 19 heavy (non-hydrogen) atoms. The van der Waals surface area contributed by atoms with E-state index in [4.69, 9.17) is 4.42 Å². The number of furan rings is 1. The SMILES string of the molecule is CCC(C#N)(CC)C(=O)N1CCC(c2ccco2)C1. The molecule has 4 nitrogen and oxygen atoms in total. The van der Waals surface area contributed by atoms with Gasteiger partial charge in [-0.2, -0.15) is 5.26 Å². The first-order valence-electron chi connectivity index (χ1n) is 6.91. The van der Waals surface area contributed by atoms with Gasteiger partial charge in [0.05, 0.1) is 12.3 Å². The molecule has 2 heterocycles. The summed E-state index contributed by atoms with van der Waals surface area (Å²) in [7, 11) is 0. The highest BCUT2D eigenvalue weighted by atomic mass is 16.3. The fourth-order valence-electron chi connectivity index (χ4n) is 2.76. The molecule has 1 saturated heterocycles. The normalized spacial score (nSPS) is 19.4. The molecule has 0 bridgehead atoms. The van der Waals surface area contributed by atoms with Crippen LogP contribution >= 0.6 is 0 Å². The van der Waals surface area contributed by atoms with E-state index in [0.29, 0.717) is 25.9 Å². The summed E-state index contributed by atoms with van der Waals surface area (Å²) >= 11 is 0. The van der Waals surface area contributed by atoms with Crippen molar-refractivity contribution in [1.82, 2.24) is 4.90 Å². The van der Waals surface area contributed by atoms with E-state index < -0.39 is 5.41 Å². The van der Waals surface area contributed by atoms with Crippen LogP contribution in [0.5, 0.6) is 0 Å². The monoisotopic (exact) mass is 260 g/mol. The highest BCUT2D eigenvalue weighted by molar-refractivity contribution is 5.85. The van der Waals surface area contributed by atoms with Gasteiger partial charge in [-0.1, -0.05) is 13.8 Å². The van der Waals surface area contributed by atoms with Crippen molar-refractivity contribution in [3.8, 4) is 6.07 Å². The second-order valence-corrected chi connectivity index (χ2v) is 5.15. The van der Waals surface area contributed by atoms with Crippen molar-refractivity contribution < 1.29 is 9.21 Å². The molecule has 2 rings (SSSR count). The van der Waals surface area contributed by atoms with Crippen LogP contribution in [0.2, 0.25) is 0 Å².